The number of benzene rings is 3. The molecule has 4 heteroatoms. The average molecular weight is 403 g/mol. The zero-order chi connectivity index (χ0) is 20.4. The fourth-order valence-electron chi connectivity index (χ4n) is 3.15. The van der Waals surface area contributed by atoms with Crippen LogP contribution in [0, 0.1) is 6.92 Å². The van der Waals surface area contributed by atoms with E-state index in [0.29, 0.717) is 34.5 Å². The van der Waals surface area contributed by atoms with Crippen molar-refractivity contribution in [3.05, 3.63) is 106 Å². The van der Waals surface area contributed by atoms with Crippen LogP contribution in [0.2, 0.25) is 5.02 Å². The molecule has 0 saturated heterocycles. The molecule has 0 radical (unpaired) electrons. The Bertz CT molecular complexity index is 1110. The second-order valence-electron chi connectivity index (χ2n) is 6.79. The third-order valence-corrected chi connectivity index (χ3v) is 5.07. The molecule has 3 aromatic carbocycles. The number of ketones is 1. The lowest BCUT2D eigenvalue weighted by Gasteiger charge is -2.11. The number of rotatable bonds is 5. The van der Waals surface area contributed by atoms with E-state index in [1.54, 1.807) is 30.4 Å². The predicted molar refractivity (Wildman–Crippen MR) is 116 cm³/mol. The Balaban J connectivity index is 1.54. The maximum Gasteiger partial charge on any atom is 0.231 e. The minimum atomic E-state index is -0.135. The molecule has 0 unspecified atom stereocenters. The SMILES string of the molecule is C=Cc1ccc(COc2ccc3c(c2C)O/C(=C\c2ccc(Cl)cc2)C3=O)cc1. The normalized spacial score (nSPS) is 13.9. The number of carbonyl (C=O) groups is 1. The molecule has 0 atom stereocenters. The number of Topliss-reactive ketones (excluding diaryl/α,β-unsaturated/α-hetero) is 1. The third-order valence-electron chi connectivity index (χ3n) is 4.81. The first-order chi connectivity index (χ1) is 14.0. The van der Waals surface area contributed by atoms with Gasteiger partial charge in [0.15, 0.2) is 5.76 Å². The van der Waals surface area contributed by atoms with Crippen LogP contribution in [0.25, 0.3) is 12.2 Å². The van der Waals surface area contributed by atoms with E-state index in [1.807, 2.05) is 49.4 Å². The minimum Gasteiger partial charge on any atom is -0.488 e. The molecule has 1 heterocycles. The molecule has 3 nitrogen and oxygen atoms in total. The lowest BCUT2D eigenvalue weighted by molar-refractivity contribution is 0.101. The van der Waals surface area contributed by atoms with Gasteiger partial charge in [0.1, 0.15) is 18.1 Å². The maximum absolute atomic E-state index is 12.7. The minimum absolute atomic E-state index is 0.135. The van der Waals surface area contributed by atoms with Gasteiger partial charge in [-0.25, -0.2) is 0 Å². The van der Waals surface area contributed by atoms with Gasteiger partial charge in [0.25, 0.3) is 0 Å². The summed E-state index contributed by atoms with van der Waals surface area (Å²) in [4.78, 5) is 12.7. The van der Waals surface area contributed by atoms with E-state index in [2.05, 4.69) is 6.58 Å². The van der Waals surface area contributed by atoms with E-state index in [1.165, 1.54) is 0 Å². The molecule has 0 amide bonds. The molecule has 29 heavy (non-hydrogen) atoms. The number of hydrogen-bond acceptors (Lipinski definition) is 3. The highest BCUT2D eigenvalue weighted by Crippen LogP contribution is 2.39. The van der Waals surface area contributed by atoms with Gasteiger partial charge >= 0.3 is 0 Å². The molecule has 0 spiro atoms. The van der Waals surface area contributed by atoms with Crippen molar-refractivity contribution in [3.63, 3.8) is 0 Å². The summed E-state index contributed by atoms with van der Waals surface area (Å²) < 4.78 is 11.9. The highest BCUT2D eigenvalue weighted by Gasteiger charge is 2.30. The maximum atomic E-state index is 12.7. The average Bonchev–Trinajstić information content (AvgIpc) is 3.06. The Morgan fingerprint density at radius 1 is 1.00 bits per heavy atom. The fraction of sp³-hybridized carbons (Fsp3) is 0.0800. The van der Waals surface area contributed by atoms with Crippen LogP contribution in [-0.4, -0.2) is 5.78 Å². The standard InChI is InChI=1S/C25H19ClO3/c1-3-17-4-6-19(7-5-17)15-28-22-13-12-21-24(27)23(29-25(21)16(22)2)14-18-8-10-20(26)11-9-18/h3-14H,1,15H2,2H3/b23-14-. The lowest BCUT2D eigenvalue weighted by atomic mass is 10.1. The Kier molecular flexibility index (Phi) is 5.24. The summed E-state index contributed by atoms with van der Waals surface area (Å²) in [6.07, 6.45) is 3.53. The van der Waals surface area contributed by atoms with E-state index in [0.717, 1.165) is 22.3 Å². The van der Waals surface area contributed by atoms with Gasteiger partial charge in [0.05, 0.1) is 5.56 Å². The summed E-state index contributed by atoms with van der Waals surface area (Å²) in [6, 6.07) is 18.8. The largest absolute Gasteiger partial charge is 0.488 e. The van der Waals surface area contributed by atoms with Crippen LogP contribution >= 0.6 is 11.6 Å². The predicted octanol–water partition coefficient (Wildman–Crippen LogP) is 6.49. The van der Waals surface area contributed by atoms with Gasteiger partial charge < -0.3 is 9.47 Å². The molecule has 4 rings (SSSR count). The Labute approximate surface area is 174 Å². The number of fused-ring (bicyclic) bond motifs is 1. The number of ether oxygens (including phenoxy) is 2. The first-order valence-electron chi connectivity index (χ1n) is 9.23. The Hall–Kier alpha value is -3.30. The lowest BCUT2D eigenvalue weighted by Crippen LogP contribution is -1.98. The molecule has 0 fully saturated rings. The van der Waals surface area contributed by atoms with Gasteiger partial charge in [-0.15, -0.1) is 0 Å². The molecule has 0 N–H and O–H groups in total. The molecule has 1 aliphatic heterocycles. The fourth-order valence-corrected chi connectivity index (χ4v) is 3.27. The highest BCUT2D eigenvalue weighted by molar-refractivity contribution is 6.30. The van der Waals surface area contributed by atoms with Crippen molar-refractivity contribution >= 4 is 29.5 Å². The molecule has 0 bridgehead atoms. The molecule has 1 aliphatic rings. The van der Waals surface area contributed by atoms with Crippen LogP contribution in [0.3, 0.4) is 0 Å². The topological polar surface area (TPSA) is 35.5 Å². The highest BCUT2D eigenvalue weighted by atomic mass is 35.5. The van der Waals surface area contributed by atoms with Crippen molar-refractivity contribution in [1.82, 2.24) is 0 Å². The van der Waals surface area contributed by atoms with E-state index >= 15 is 0 Å². The van der Waals surface area contributed by atoms with Crippen molar-refractivity contribution < 1.29 is 14.3 Å². The molecule has 144 valence electrons. The van der Waals surface area contributed by atoms with Crippen molar-refractivity contribution in [1.29, 1.82) is 0 Å². The van der Waals surface area contributed by atoms with Crippen LogP contribution < -0.4 is 9.47 Å². The van der Waals surface area contributed by atoms with Crippen LogP contribution in [-0.2, 0) is 6.61 Å². The van der Waals surface area contributed by atoms with Crippen molar-refractivity contribution in [2.24, 2.45) is 0 Å². The zero-order valence-corrected chi connectivity index (χ0v) is 16.7. The van der Waals surface area contributed by atoms with Crippen LogP contribution in [0.4, 0.5) is 0 Å². The summed E-state index contributed by atoms with van der Waals surface area (Å²) >= 11 is 5.92. The van der Waals surface area contributed by atoms with Gasteiger partial charge in [-0.3, -0.25) is 4.79 Å². The van der Waals surface area contributed by atoms with E-state index in [-0.39, 0.29) is 5.78 Å². The summed E-state index contributed by atoms with van der Waals surface area (Å²) in [7, 11) is 0. The van der Waals surface area contributed by atoms with E-state index in [9.17, 15) is 4.79 Å². The molecular weight excluding hydrogens is 384 g/mol. The van der Waals surface area contributed by atoms with Gasteiger partial charge in [-0.1, -0.05) is 60.7 Å². The van der Waals surface area contributed by atoms with Gasteiger partial charge in [0, 0.05) is 10.6 Å². The smallest absolute Gasteiger partial charge is 0.231 e. The number of allylic oxidation sites excluding steroid dienone is 1. The first kappa shape index (κ1) is 19.0. The van der Waals surface area contributed by atoms with E-state index < -0.39 is 0 Å². The van der Waals surface area contributed by atoms with Gasteiger partial charge in [-0.05, 0) is 54.0 Å². The molecule has 0 aliphatic carbocycles. The Morgan fingerprint density at radius 3 is 2.38 bits per heavy atom. The molecule has 0 saturated carbocycles. The quantitative estimate of drug-likeness (QED) is 0.458. The van der Waals surface area contributed by atoms with Crippen LogP contribution in [0.15, 0.2) is 73.0 Å². The van der Waals surface area contributed by atoms with Gasteiger partial charge in [-0.2, -0.15) is 0 Å². The second kappa shape index (κ2) is 7.98. The summed E-state index contributed by atoms with van der Waals surface area (Å²) in [5.74, 6) is 1.40. The molecule has 3 aromatic rings. The second-order valence-corrected chi connectivity index (χ2v) is 7.23. The number of carbonyl (C=O) groups excluding carboxylic acids is 1. The van der Waals surface area contributed by atoms with Crippen molar-refractivity contribution in [2.75, 3.05) is 0 Å². The zero-order valence-electron chi connectivity index (χ0n) is 15.9. The Morgan fingerprint density at radius 2 is 1.69 bits per heavy atom. The van der Waals surface area contributed by atoms with Gasteiger partial charge in [0.2, 0.25) is 5.78 Å². The number of hydrogen-bond donors (Lipinski definition) is 0. The van der Waals surface area contributed by atoms with Crippen LogP contribution in [0.5, 0.6) is 11.5 Å². The summed E-state index contributed by atoms with van der Waals surface area (Å²) in [6.45, 7) is 6.08. The monoisotopic (exact) mass is 402 g/mol. The van der Waals surface area contributed by atoms with Crippen LogP contribution in [0.1, 0.15) is 32.6 Å². The van der Waals surface area contributed by atoms with Crippen molar-refractivity contribution in [2.45, 2.75) is 13.5 Å². The summed E-state index contributed by atoms with van der Waals surface area (Å²) in [5, 5.41) is 0.644. The molecule has 0 aromatic heterocycles. The first-order valence-corrected chi connectivity index (χ1v) is 9.60. The van der Waals surface area contributed by atoms with Crippen molar-refractivity contribution in [3.8, 4) is 11.5 Å². The van der Waals surface area contributed by atoms with E-state index in [4.69, 9.17) is 21.1 Å². The number of halogens is 1. The summed E-state index contributed by atoms with van der Waals surface area (Å²) in [5.41, 5.74) is 4.32. The third kappa shape index (κ3) is 3.96. The molecular formula is C25H19ClO3.